The molecule has 0 bridgehead atoms. The third kappa shape index (κ3) is 3.63. The average molecular weight is 228 g/mol. The van der Waals surface area contributed by atoms with Crippen LogP contribution in [0.1, 0.15) is 0 Å². The van der Waals surface area contributed by atoms with Gasteiger partial charge in [0.2, 0.25) is 5.91 Å². The summed E-state index contributed by atoms with van der Waals surface area (Å²) in [6.45, 7) is 5.09. The van der Waals surface area contributed by atoms with Gasteiger partial charge in [-0.25, -0.2) is 4.79 Å². The molecule has 1 fully saturated rings. The molecule has 0 aromatic heterocycles. The second kappa shape index (κ2) is 6.24. The summed E-state index contributed by atoms with van der Waals surface area (Å²) in [4.78, 5) is 23.8. The van der Waals surface area contributed by atoms with Gasteiger partial charge in [-0.2, -0.15) is 0 Å². The number of rotatable bonds is 5. The third-order valence-electron chi connectivity index (χ3n) is 2.26. The van der Waals surface area contributed by atoms with Crippen molar-refractivity contribution in [2.45, 2.75) is 6.10 Å². The number of morpholine rings is 1. The van der Waals surface area contributed by atoms with Crippen LogP contribution in [-0.4, -0.2) is 60.8 Å². The number of carboxylic acid groups (broad SMARTS) is 1. The van der Waals surface area contributed by atoms with Crippen molar-refractivity contribution < 1.29 is 19.4 Å². The van der Waals surface area contributed by atoms with Crippen LogP contribution in [0.3, 0.4) is 0 Å². The smallest absolute Gasteiger partial charge is 0.334 e. The Bertz CT molecular complexity index is 280. The van der Waals surface area contributed by atoms with Gasteiger partial charge in [-0.05, 0) is 0 Å². The Balaban J connectivity index is 2.37. The number of hydrogen-bond donors (Lipinski definition) is 2. The fourth-order valence-electron chi connectivity index (χ4n) is 1.42. The van der Waals surface area contributed by atoms with E-state index in [-0.39, 0.29) is 25.6 Å². The molecule has 0 radical (unpaired) electrons. The maximum absolute atomic E-state index is 11.6. The highest BCUT2D eigenvalue weighted by molar-refractivity contribution is 5.80. The topological polar surface area (TPSA) is 78.9 Å². The van der Waals surface area contributed by atoms with E-state index in [1.165, 1.54) is 4.90 Å². The minimum absolute atomic E-state index is 0.114. The lowest BCUT2D eigenvalue weighted by Crippen LogP contribution is -2.50. The van der Waals surface area contributed by atoms with Crippen LogP contribution in [0.5, 0.6) is 0 Å². The lowest BCUT2D eigenvalue weighted by molar-refractivity contribution is -0.159. The lowest BCUT2D eigenvalue weighted by Gasteiger charge is -2.30. The van der Waals surface area contributed by atoms with Crippen molar-refractivity contribution in [3.63, 3.8) is 0 Å². The minimum Gasteiger partial charge on any atom is -0.479 e. The lowest BCUT2D eigenvalue weighted by atomic mass is 10.2. The SMILES string of the molecule is C=CCNCC(=O)N1CCOC(C(=O)O)C1. The van der Waals surface area contributed by atoms with Gasteiger partial charge in [0.25, 0.3) is 0 Å². The summed E-state index contributed by atoms with van der Waals surface area (Å²) < 4.78 is 5.02. The molecular weight excluding hydrogens is 212 g/mol. The number of carbonyl (C=O) groups is 2. The summed E-state index contributed by atoms with van der Waals surface area (Å²) in [5.41, 5.74) is 0. The molecule has 0 aromatic carbocycles. The minimum atomic E-state index is -1.03. The Morgan fingerprint density at radius 1 is 1.62 bits per heavy atom. The molecule has 90 valence electrons. The van der Waals surface area contributed by atoms with E-state index in [9.17, 15) is 9.59 Å². The Labute approximate surface area is 93.9 Å². The Kier molecular flexibility index (Phi) is 4.94. The number of carbonyl (C=O) groups excluding carboxylic acids is 1. The molecule has 1 saturated heterocycles. The van der Waals surface area contributed by atoms with Gasteiger partial charge in [0, 0.05) is 13.1 Å². The molecule has 1 unspecified atom stereocenters. The second-order valence-electron chi connectivity index (χ2n) is 3.46. The zero-order valence-electron chi connectivity index (χ0n) is 9.02. The molecule has 1 aliphatic rings. The number of ether oxygens (including phenoxy) is 1. The number of hydrogen-bond acceptors (Lipinski definition) is 4. The summed E-state index contributed by atoms with van der Waals surface area (Å²) in [5.74, 6) is -1.15. The van der Waals surface area contributed by atoms with Gasteiger partial charge in [-0.1, -0.05) is 6.08 Å². The van der Waals surface area contributed by atoms with Gasteiger partial charge in [-0.3, -0.25) is 4.79 Å². The fraction of sp³-hybridized carbons (Fsp3) is 0.600. The summed E-state index contributed by atoms with van der Waals surface area (Å²) in [5, 5.41) is 11.6. The molecule has 1 heterocycles. The van der Waals surface area contributed by atoms with Crippen molar-refractivity contribution >= 4 is 11.9 Å². The van der Waals surface area contributed by atoms with Crippen molar-refractivity contribution in [3.8, 4) is 0 Å². The fourth-order valence-corrected chi connectivity index (χ4v) is 1.42. The molecule has 16 heavy (non-hydrogen) atoms. The monoisotopic (exact) mass is 228 g/mol. The highest BCUT2D eigenvalue weighted by atomic mass is 16.5. The van der Waals surface area contributed by atoms with Crippen LogP contribution in [0.4, 0.5) is 0 Å². The van der Waals surface area contributed by atoms with Crippen LogP contribution < -0.4 is 5.32 Å². The van der Waals surface area contributed by atoms with Crippen LogP contribution in [0.15, 0.2) is 12.7 Å². The summed E-state index contributed by atoms with van der Waals surface area (Å²) in [6.07, 6.45) is 0.754. The van der Waals surface area contributed by atoms with E-state index >= 15 is 0 Å². The Morgan fingerprint density at radius 3 is 3.00 bits per heavy atom. The van der Waals surface area contributed by atoms with Crippen molar-refractivity contribution in [1.82, 2.24) is 10.2 Å². The third-order valence-corrected chi connectivity index (χ3v) is 2.26. The maximum Gasteiger partial charge on any atom is 0.334 e. The molecule has 0 aliphatic carbocycles. The molecule has 1 rings (SSSR count). The van der Waals surface area contributed by atoms with Crippen molar-refractivity contribution in [2.24, 2.45) is 0 Å². The van der Waals surface area contributed by atoms with E-state index in [0.29, 0.717) is 13.1 Å². The predicted molar refractivity (Wildman–Crippen MR) is 57.0 cm³/mol. The summed E-state index contributed by atoms with van der Waals surface area (Å²) >= 11 is 0. The quantitative estimate of drug-likeness (QED) is 0.469. The van der Waals surface area contributed by atoms with Crippen molar-refractivity contribution in [2.75, 3.05) is 32.8 Å². The first-order valence-electron chi connectivity index (χ1n) is 5.09. The van der Waals surface area contributed by atoms with Gasteiger partial charge in [0.15, 0.2) is 6.10 Å². The van der Waals surface area contributed by atoms with E-state index in [1.807, 2.05) is 0 Å². The van der Waals surface area contributed by atoms with Crippen LogP contribution in [0.2, 0.25) is 0 Å². The maximum atomic E-state index is 11.6. The normalized spacial score (nSPS) is 20.5. The molecule has 0 saturated carbocycles. The molecule has 0 aromatic rings. The van der Waals surface area contributed by atoms with Gasteiger partial charge in [0.1, 0.15) is 0 Å². The number of aliphatic carboxylic acids is 1. The van der Waals surface area contributed by atoms with Crippen LogP contribution >= 0.6 is 0 Å². The molecule has 1 aliphatic heterocycles. The van der Waals surface area contributed by atoms with E-state index in [0.717, 1.165) is 0 Å². The standard InChI is InChI=1S/C10H16N2O4/c1-2-3-11-6-9(13)12-4-5-16-8(7-12)10(14)15/h2,8,11H,1,3-7H2,(H,14,15). The summed E-state index contributed by atoms with van der Waals surface area (Å²) in [7, 11) is 0. The largest absolute Gasteiger partial charge is 0.479 e. The van der Waals surface area contributed by atoms with Crippen LogP contribution in [0, 0.1) is 0 Å². The zero-order chi connectivity index (χ0) is 12.0. The van der Waals surface area contributed by atoms with Crippen LogP contribution in [-0.2, 0) is 14.3 Å². The first kappa shape index (κ1) is 12.7. The first-order valence-corrected chi connectivity index (χ1v) is 5.09. The number of amides is 1. The number of nitrogens with zero attached hydrogens (tertiary/aromatic N) is 1. The highest BCUT2D eigenvalue weighted by Crippen LogP contribution is 2.05. The number of carboxylic acids is 1. The van der Waals surface area contributed by atoms with E-state index in [2.05, 4.69) is 11.9 Å². The van der Waals surface area contributed by atoms with Crippen molar-refractivity contribution in [1.29, 1.82) is 0 Å². The highest BCUT2D eigenvalue weighted by Gasteiger charge is 2.28. The molecule has 1 atom stereocenters. The predicted octanol–water partition coefficient (Wildman–Crippen LogP) is -0.926. The zero-order valence-corrected chi connectivity index (χ0v) is 9.02. The molecule has 2 N–H and O–H groups in total. The van der Waals surface area contributed by atoms with E-state index in [4.69, 9.17) is 9.84 Å². The molecule has 0 spiro atoms. The average Bonchev–Trinajstić information content (AvgIpc) is 2.29. The molecule has 1 amide bonds. The molecular formula is C10H16N2O4. The molecule has 6 heteroatoms. The van der Waals surface area contributed by atoms with E-state index < -0.39 is 12.1 Å². The first-order chi connectivity index (χ1) is 7.65. The van der Waals surface area contributed by atoms with Gasteiger partial charge in [0.05, 0.1) is 19.7 Å². The summed E-state index contributed by atoms with van der Waals surface area (Å²) in [6, 6.07) is 0. The second-order valence-corrected chi connectivity index (χ2v) is 3.46. The Hall–Kier alpha value is -1.40. The van der Waals surface area contributed by atoms with Gasteiger partial charge < -0.3 is 20.1 Å². The van der Waals surface area contributed by atoms with Crippen LogP contribution in [0.25, 0.3) is 0 Å². The van der Waals surface area contributed by atoms with Crippen molar-refractivity contribution in [3.05, 3.63) is 12.7 Å². The molecule has 6 nitrogen and oxygen atoms in total. The number of nitrogens with one attached hydrogen (secondary N) is 1. The van der Waals surface area contributed by atoms with E-state index in [1.54, 1.807) is 6.08 Å². The Morgan fingerprint density at radius 2 is 2.38 bits per heavy atom. The van der Waals surface area contributed by atoms with Gasteiger partial charge >= 0.3 is 5.97 Å². The van der Waals surface area contributed by atoms with Gasteiger partial charge in [-0.15, -0.1) is 6.58 Å².